The Balaban J connectivity index is 1.42. The Labute approximate surface area is 221 Å². The molecule has 0 N–H and O–H groups in total. The second kappa shape index (κ2) is 11.7. The van der Waals surface area contributed by atoms with Gasteiger partial charge in [-0.15, -0.1) is 0 Å². The molecule has 3 heterocycles. The van der Waals surface area contributed by atoms with Crippen molar-refractivity contribution in [3.05, 3.63) is 96.6 Å². The van der Waals surface area contributed by atoms with Crippen molar-refractivity contribution in [1.82, 2.24) is 29.3 Å². The lowest BCUT2D eigenvalue weighted by molar-refractivity contribution is -0.132. The highest BCUT2D eigenvalue weighted by Gasteiger charge is 2.19. The molecule has 9 nitrogen and oxygen atoms in total. The fraction of sp³-hybridized carbons (Fsp3) is 0.276. The second-order valence-corrected chi connectivity index (χ2v) is 9.33. The Morgan fingerprint density at radius 2 is 1.84 bits per heavy atom. The first-order valence-electron chi connectivity index (χ1n) is 12.7. The van der Waals surface area contributed by atoms with Crippen LogP contribution in [0.5, 0.6) is 5.75 Å². The standard InChI is InChI=1S/C29H30N6O3/c1-33-11-12-35(28(36)7-9-34-10-8-30-21-34)13-14-38-27-6-5-23(26-18-31-20-32-19-26)17-25(27)16-22-3-2-4-24(15-22)29(33)37/h2-6,8,10,15,17-21H,7,9,11-14,16H2,1H3. The van der Waals surface area contributed by atoms with Crippen LogP contribution in [0.25, 0.3) is 11.1 Å². The largest absolute Gasteiger partial charge is 0.491 e. The zero-order valence-electron chi connectivity index (χ0n) is 21.4. The smallest absolute Gasteiger partial charge is 0.253 e. The van der Waals surface area contributed by atoms with E-state index in [2.05, 4.69) is 21.0 Å². The lowest BCUT2D eigenvalue weighted by atomic mass is 9.98. The van der Waals surface area contributed by atoms with Crippen molar-refractivity contribution in [2.75, 3.05) is 33.3 Å². The summed E-state index contributed by atoms with van der Waals surface area (Å²) in [5.41, 5.74) is 4.52. The van der Waals surface area contributed by atoms with Crippen LogP contribution in [0.2, 0.25) is 0 Å². The van der Waals surface area contributed by atoms with Gasteiger partial charge in [0.15, 0.2) is 0 Å². The Morgan fingerprint density at radius 3 is 2.66 bits per heavy atom. The minimum Gasteiger partial charge on any atom is -0.491 e. The van der Waals surface area contributed by atoms with Crippen LogP contribution in [0, 0.1) is 0 Å². The summed E-state index contributed by atoms with van der Waals surface area (Å²) in [6.45, 7) is 2.17. The number of aromatic nitrogens is 4. The molecular formula is C29H30N6O3. The van der Waals surface area contributed by atoms with E-state index in [-0.39, 0.29) is 11.8 Å². The molecule has 38 heavy (non-hydrogen) atoms. The van der Waals surface area contributed by atoms with Crippen molar-refractivity contribution in [3.63, 3.8) is 0 Å². The van der Waals surface area contributed by atoms with Crippen molar-refractivity contribution >= 4 is 11.8 Å². The van der Waals surface area contributed by atoms with E-state index < -0.39 is 0 Å². The van der Waals surface area contributed by atoms with E-state index in [9.17, 15) is 9.59 Å². The molecule has 2 amide bonds. The average molecular weight is 511 g/mol. The quantitative estimate of drug-likeness (QED) is 0.418. The highest BCUT2D eigenvalue weighted by Crippen LogP contribution is 2.28. The zero-order chi connectivity index (χ0) is 26.3. The predicted octanol–water partition coefficient (Wildman–Crippen LogP) is 3.31. The van der Waals surface area contributed by atoms with Crippen molar-refractivity contribution < 1.29 is 14.3 Å². The maximum absolute atomic E-state index is 13.2. The lowest BCUT2D eigenvalue weighted by Gasteiger charge is -2.27. The van der Waals surface area contributed by atoms with Crippen LogP contribution in [-0.4, -0.2) is 74.4 Å². The molecule has 2 bridgehead atoms. The molecule has 0 atom stereocenters. The first-order valence-corrected chi connectivity index (χ1v) is 12.7. The van der Waals surface area contributed by atoms with Crippen LogP contribution in [0.3, 0.4) is 0 Å². The highest BCUT2D eigenvalue weighted by atomic mass is 16.5. The molecule has 0 spiro atoms. The van der Waals surface area contributed by atoms with Gasteiger partial charge in [-0.2, -0.15) is 0 Å². The second-order valence-electron chi connectivity index (χ2n) is 9.33. The maximum atomic E-state index is 13.2. The van der Waals surface area contributed by atoms with Gasteiger partial charge in [-0.05, 0) is 41.0 Å². The third kappa shape index (κ3) is 6.05. The number of hydrogen-bond donors (Lipinski definition) is 0. The Hall–Kier alpha value is -4.53. The van der Waals surface area contributed by atoms with Gasteiger partial charge in [0.25, 0.3) is 5.91 Å². The van der Waals surface area contributed by atoms with Crippen LogP contribution in [0.1, 0.15) is 27.9 Å². The molecule has 0 radical (unpaired) electrons. The zero-order valence-corrected chi connectivity index (χ0v) is 21.4. The Kier molecular flexibility index (Phi) is 7.73. The molecule has 0 unspecified atom stereocenters. The number of carbonyl (C=O) groups excluding carboxylic acids is 2. The first-order chi connectivity index (χ1) is 18.6. The van der Waals surface area contributed by atoms with Gasteiger partial charge in [0.1, 0.15) is 18.7 Å². The van der Waals surface area contributed by atoms with Gasteiger partial charge in [0.2, 0.25) is 5.91 Å². The van der Waals surface area contributed by atoms with E-state index in [1.807, 2.05) is 47.2 Å². The summed E-state index contributed by atoms with van der Waals surface area (Å²) in [4.78, 5) is 42.1. The number of rotatable bonds is 4. The molecule has 2 aromatic heterocycles. The first kappa shape index (κ1) is 25.1. The van der Waals surface area contributed by atoms with Crippen molar-refractivity contribution in [2.45, 2.75) is 19.4 Å². The van der Waals surface area contributed by atoms with Gasteiger partial charge in [0.05, 0.1) is 12.9 Å². The number of imidazole rings is 1. The molecule has 2 aromatic carbocycles. The SMILES string of the molecule is CN1CCN(C(=O)CCn2ccnc2)CCOc2ccc(-c3cncnc3)cc2Cc2cccc(c2)C1=O. The molecule has 0 fully saturated rings. The van der Waals surface area contributed by atoms with Crippen LogP contribution >= 0.6 is 0 Å². The number of carbonyl (C=O) groups is 2. The molecule has 9 heteroatoms. The molecule has 194 valence electrons. The molecule has 0 aliphatic carbocycles. The third-order valence-electron chi connectivity index (χ3n) is 6.69. The fourth-order valence-electron chi connectivity index (χ4n) is 4.54. The van der Waals surface area contributed by atoms with Crippen LogP contribution in [0.15, 0.2) is 79.9 Å². The van der Waals surface area contributed by atoms with Crippen molar-refractivity contribution in [3.8, 4) is 16.9 Å². The van der Waals surface area contributed by atoms with E-state index >= 15 is 0 Å². The number of nitrogens with zero attached hydrogens (tertiary/aromatic N) is 6. The van der Waals surface area contributed by atoms with E-state index in [0.717, 1.165) is 28.0 Å². The predicted molar refractivity (Wildman–Crippen MR) is 143 cm³/mol. The van der Waals surface area contributed by atoms with Gasteiger partial charge in [-0.1, -0.05) is 18.2 Å². The molecule has 0 saturated heterocycles. The van der Waals surface area contributed by atoms with Gasteiger partial charge >= 0.3 is 0 Å². The lowest BCUT2D eigenvalue weighted by Crippen LogP contribution is -2.41. The van der Waals surface area contributed by atoms with E-state index in [1.54, 1.807) is 41.8 Å². The third-order valence-corrected chi connectivity index (χ3v) is 6.69. The van der Waals surface area contributed by atoms with Gasteiger partial charge in [-0.3, -0.25) is 9.59 Å². The van der Waals surface area contributed by atoms with Crippen LogP contribution in [-0.2, 0) is 17.8 Å². The molecule has 4 aromatic rings. The van der Waals surface area contributed by atoms with Crippen LogP contribution < -0.4 is 4.74 Å². The monoisotopic (exact) mass is 510 g/mol. The summed E-state index contributed by atoms with van der Waals surface area (Å²) in [5.74, 6) is 0.695. The van der Waals surface area contributed by atoms with Crippen LogP contribution in [0.4, 0.5) is 0 Å². The van der Waals surface area contributed by atoms with Gasteiger partial charge in [-0.25, -0.2) is 15.0 Å². The summed E-state index contributed by atoms with van der Waals surface area (Å²) in [5, 5.41) is 0. The molecule has 1 aliphatic heterocycles. The summed E-state index contributed by atoms with van der Waals surface area (Å²) >= 11 is 0. The molecule has 1 aliphatic rings. The summed E-state index contributed by atoms with van der Waals surface area (Å²) in [7, 11) is 1.77. The molecule has 5 rings (SSSR count). The number of aryl methyl sites for hydroxylation is 1. The number of benzene rings is 2. The average Bonchev–Trinajstić information content (AvgIpc) is 3.47. The van der Waals surface area contributed by atoms with Gasteiger partial charge < -0.3 is 19.1 Å². The molecule has 0 saturated carbocycles. The number of ether oxygens (including phenoxy) is 1. The highest BCUT2D eigenvalue weighted by molar-refractivity contribution is 5.94. The van der Waals surface area contributed by atoms with E-state index in [1.165, 1.54) is 6.33 Å². The summed E-state index contributed by atoms with van der Waals surface area (Å²) in [6, 6.07) is 13.7. The summed E-state index contributed by atoms with van der Waals surface area (Å²) < 4.78 is 8.13. The number of likely N-dealkylation sites (N-methyl/N-ethyl adjacent to an activating group) is 1. The minimum absolute atomic E-state index is 0.0110. The Morgan fingerprint density at radius 1 is 0.974 bits per heavy atom. The van der Waals surface area contributed by atoms with Gasteiger partial charge in [0, 0.05) is 75.4 Å². The summed E-state index contributed by atoms with van der Waals surface area (Å²) in [6.07, 6.45) is 11.2. The van der Waals surface area contributed by atoms with E-state index in [4.69, 9.17) is 4.74 Å². The molecular weight excluding hydrogens is 480 g/mol. The fourth-order valence-corrected chi connectivity index (χ4v) is 4.54. The number of amides is 2. The Bertz CT molecular complexity index is 1390. The topological polar surface area (TPSA) is 93.5 Å². The minimum atomic E-state index is -0.0682. The normalized spacial score (nSPS) is 14.4. The maximum Gasteiger partial charge on any atom is 0.253 e. The van der Waals surface area contributed by atoms with Crippen molar-refractivity contribution in [1.29, 1.82) is 0 Å². The van der Waals surface area contributed by atoms with E-state index in [0.29, 0.717) is 51.2 Å². The van der Waals surface area contributed by atoms with Crippen molar-refractivity contribution in [2.24, 2.45) is 0 Å². The number of hydrogen-bond acceptors (Lipinski definition) is 6. The number of fused-ring (bicyclic) bond motifs is 3.